The molecule has 0 bridgehead atoms. The summed E-state index contributed by atoms with van der Waals surface area (Å²) in [7, 11) is 1.65. The maximum atomic E-state index is 14.0. The number of anilines is 1. The number of methoxy groups -OCH3 is 1. The number of amides is 2. The Balaban J connectivity index is 1.56. The molecule has 5 aromatic rings. The van der Waals surface area contributed by atoms with Crippen LogP contribution in [0.15, 0.2) is 97.2 Å². The third kappa shape index (κ3) is 5.83. The molecule has 0 radical (unpaired) electrons. The molecule has 9 heteroatoms. The zero-order valence-electron chi connectivity index (χ0n) is 24.9. The molecule has 44 heavy (non-hydrogen) atoms. The van der Waals surface area contributed by atoms with Crippen LogP contribution >= 0.6 is 11.8 Å². The maximum absolute atomic E-state index is 14.0. The number of thioether (sulfide) groups is 1. The monoisotopic (exact) mass is 603 g/mol. The fourth-order valence-corrected chi connectivity index (χ4v) is 6.78. The topological polar surface area (TPSA) is 89.3 Å². The van der Waals surface area contributed by atoms with E-state index in [9.17, 15) is 9.59 Å². The van der Waals surface area contributed by atoms with Crippen LogP contribution in [0.3, 0.4) is 0 Å². The van der Waals surface area contributed by atoms with Crippen LogP contribution < -0.4 is 15.0 Å². The van der Waals surface area contributed by atoms with Crippen molar-refractivity contribution in [3.8, 4) is 22.7 Å². The lowest BCUT2D eigenvalue weighted by Crippen LogP contribution is -2.42. The van der Waals surface area contributed by atoms with Crippen LogP contribution in [0.5, 0.6) is 5.75 Å². The van der Waals surface area contributed by atoms with E-state index in [0.29, 0.717) is 5.82 Å². The van der Waals surface area contributed by atoms with E-state index in [0.717, 1.165) is 50.6 Å². The van der Waals surface area contributed by atoms with Gasteiger partial charge in [-0.15, -0.1) is 11.8 Å². The second-order valence-corrected chi connectivity index (χ2v) is 11.8. The lowest BCUT2D eigenvalue weighted by atomic mass is 9.99. The van der Waals surface area contributed by atoms with Gasteiger partial charge in [0.05, 0.1) is 41.7 Å². The summed E-state index contributed by atoms with van der Waals surface area (Å²) >= 11 is 1.52. The van der Waals surface area contributed by atoms with Gasteiger partial charge in [0.1, 0.15) is 18.1 Å². The van der Waals surface area contributed by atoms with Gasteiger partial charge in [0.2, 0.25) is 11.8 Å². The lowest BCUT2D eigenvalue weighted by Gasteiger charge is -2.24. The molecule has 0 unspecified atom stereocenters. The van der Waals surface area contributed by atoms with Crippen LogP contribution in [0.2, 0.25) is 0 Å². The number of aryl methyl sites for hydroxylation is 2. The van der Waals surface area contributed by atoms with Crippen LogP contribution in [0.4, 0.5) is 5.82 Å². The van der Waals surface area contributed by atoms with Gasteiger partial charge in [-0.2, -0.15) is 5.10 Å². The number of rotatable bonds is 8. The zero-order chi connectivity index (χ0) is 30.6. The minimum Gasteiger partial charge on any atom is -0.496 e. The first-order chi connectivity index (χ1) is 21.4. The Kier molecular flexibility index (Phi) is 8.47. The number of carbonyl (C=O) groups excluding carboxylic acids is 2. The van der Waals surface area contributed by atoms with E-state index in [1.165, 1.54) is 11.8 Å². The third-order valence-electron chi connectivity index (χ3n) is 7.63. The van der Waals surface area contributed by atoms with E-state index in [-0.39, 0.29) is 35.9 Å². The number of para-hydroxylation sites is 1. The van der Waals surface area contributed by atoms with Crippen molar-refractivity contribution >= 4 is 29.4 Å². The van der Waals surface area contributed by atoms with Crippen molar-refractivity contribution in [3.63, 3.8) is 0 Å². The van der Waals surface area contributed by atoms with E-state index in [2.05, 4.69) is 16.4 Å². The summed E-state index contributed by atoms with van der Waals surface area (Å²) in [6.45, 7) is 4.18. The SMILES string of the molecule is COc1ccccc1[C@@H]1SCC(=O)N(CC(=O)NCc2ccccn2)c2c1c(-c1ccccc1)nn2-c1ccc(C)cc1C. The van der Waals surface area contributed by atoms with Crippen LogP contribution in [-0.4, -0.2) is 46.0 Å². The number of nitrogens with one attached hydrogen (secondary N) is 1. The highest BCUT2D eigenvalue weighted by molar-refractivity contribution is 8.00. The fraction of sp³-hybridized carbons (Fsp3) is 0.200. The van der Waals surface area contributed by atoms with E-state index < -0.39 is 0 Å². The summed E-state index contributed by atoms with van der Waals surface area (Å²) in [5, 5.41) is 7.86. The Morgan fingerprint density at radius 3 is 2.52 bits per heavy atom. The summed E-state index contributed by atoms with van der Waals surface area (Å²) < 4.78 is 7.64. The number of fused-ring (bicyclic) bond motifs is 1. The van der Waals surface area contributed by atoms with E-state index in [4.69, 9.17) is 9.84 Å². The molecule has 0 saturated heterocycles. The molecule has 0 spiro atoms. The Morgan fingerprint density at radius 2 is 1.77 bits per heavy atom. The van der Waals surface area contributed by atoms with Crippen molar-refractivity contribution in [2.45, 2.75) is 25.6 Å². The highest BCUT2D eigenvalue weighted by Gasteiger charge is 2.38. The molecular weight excluding hydrogens is 570 g/mol. The van der Waals surface area contributed by atoms with Crippen molar-refractivity contribution in [1.29, 1.82) is 0 Å². The van der Waals surface area contributed by atoms with Gasteiger partial charge < -0.3 is 10.1 Å². The third-order valence-corrected chi connectivity index (χ3v) is 8.87. The van der Waals surface area contributed by atoms with Crippen molar-refractivity contribution in [1.82, 2.24) is 20.1 Å². The zero-order valence-corrected chi connectivity index (χ0v) is 25.7. The van der Waals surface area contributed by atoms with Gasteiger partial charge in [-0.1, -0.05) is 72.3 Å². The average Bonchev–Trinajstić information content (AvgIpc) is 3.37. The number of ether oxygens (including phenoxy) is 1. The summed E-state index contributed by atoms with van der Waals surface area (Å²) in [5.74, 6) is 1.02. The van der Waals surface area contributed by atoms with Gasteiger partial charge in [0, 0.05) is 22.9 Å². The quantitative estimate of drug-likeness (QED) is 0.233. The first kappa shape index (κ1) is 29.2. The number of hydrogen-bond acceptors (Lipinski definition) is 6. The molecule has 1 atom stereocenters. The highest BCUT2D eigenvalue weighted by Crippen LogP contribution is 2.50. The molecule has 1 aliphatic heterocycles. The Morgan fingerprint density at radius 1 is 1.00 bits per heavy atom. The van der Waals surface area contributed by atoms with Gasteiger partial charge in [-0.3, -0.25) is 19.5 Å². The average molecular weight is 604 g/mol. The smallest absolute Gasteiger partial charge is 0.240 e. The molecule has 8 nitrogen and oxygen atoms in total. The first-order valence-electron chi connectivity index (χ1n) is 14.4. The molecule has 1 N–H and O–H groups in total. The van der Waals surface area contributed by atoms with Crippen LogP contribution in [0.1, 0.15) is 33.2 Å². The van der Waals surface area contributed by atoms with E-state index in [1.54, 1.807) is 18.2 Å². The lowest BCUT2D eigenvalue weighted by molar-refractivity contribution is -0.123. The Hall–Kier alpha value is -4.89. The van der Waals surface area contributed by atoms with Crippen molar-refractivity contribution in [2.75, 3.05) is 24.3 Å². The number of carbonyl (C=O) groups is 2. The molecule has 3 heterocycles. The van der Waals surface area contributed by atoms with Gasteiger partial charge in [-0.25, -0.2) is 4.68 Å². The summed E-state index contributed by atoms with van der Waals surface area (Å²) in [5.41, 5.74) is 7.17. The number of aromatic nitrogens is 3. The van der Waals surface area contributed by atoms with Gasteiger partial charge in [0.25, 0.3) is 0 Å². The predicted octanol–water partition coefficient (Wildman–Crippen LogP) is 6.05. The Bertz CT molecular complexity index is 1810. The highest BCUT2D eigenvalue weighted by atomic mass is 32.2. The number of benzene rings is 3. The van der Waals surface area contributed by atoms with Crippen molar-refractivity contribution < 1.29 is 14.3 Å². The summed E-state index contributed by atoms with van der Waals surface area (Å²) in [4.78, 5) is 33.4. The molecular formula is C35H33N5O3S. The Labute approximate surface area is 261 Å². The largest absolute Gasteiger partial charge is 0.496 e. The molecule has 222 valence electrons. The van der Waals surface area contributed by atoms with E-state index in [1.807, 2.05) is 103 Å². The minimum atomic E-state index is -0.290. The molecule has 0 saturated carbocycles. The second kappa shape index (κ2) is 12.8. The fourth-order valence-electron chi connectivity index (χ4n) is 5.56. The number of hydrogen-bond donors (Lipinski definition) is 1. The van der Waals surface area contributed by atoms with Gasteiger partial charge >= 0.3 is 0 Å². The van der Waals surface area contributed by atoms with Crippen LogP contribution in [-0.2, 0) is 16.1 Å². The van der Waals surface area contributed by atoms with Crippen LogP contribution in [0.25, 0.3) is 16.9 Å². The molecule has 2 aromatic heterocycles. The van der Waals surface area contributed by atoms with Gasteiger partial charge in [0.15, 0.2) is 0 Å². The molecule has 6 rings (SSSR count). The first-order valence-corrected chi connectivity index (χ1v) is 15.5. The molecule has 2 amide bonds. The summed E-state index contributed by atoms with van der Waals surface area (Å²) in [6, 6.07) is 29.6. The van der Waals surface area contributed by atoms with Gasteiger partial charge in [-0.05, 0) is 43.7 Å². The van der Waals surface area contributed by atoms with Crippen molar-refractivity contribution in [3.05, 3.63) is 125 Å². The molecule has 3 aromatic carbocycles. The van der Waals surface area contributed by atoms with Crippen molar-refractivity contribution in [2.24, 2.45) is 0 Å². The normalized spacial score (nSPS) is 14.6. The minimum absolute atomic E-state index is 0.164. The predicted molar refractivity (Wildman–Crippen MR) is 174 cm³/mol. The molecule has 0 fully saturated rings. The maximum Gasteiger partial charge on any atom is 0.240 e. The molecule has 0 aliphatic carbocycles. The summed E-state index contributed by atoms with van der Waals surface area (Å²) in [6.07, 6.45) is 1.69. The van der Waals surface area contributed by atoms with Crippen LogP contribution in [0, 0.1) is 13.8 Å². The number of nitrogens with zero attached hydrogens (tertiary/aromatic N) is 4. The molecule has 1 aliphatic rings. The second-order valence-electron chi connectivity index (χ2n) is 10.7. The van der Waals surface area contributed by atoms with E-state index >= 15 is 0 Å². The standard InChI is InChI=1S/C35H33N5O3S/c1-23-16-17-28(24(2)19-23)40-35-32(33(38-40)25-11-5-4-6-12-25)34(27-14-7-8-15-29(27)43-3)44-22-31(42)39(35)21-30(41)37-20-26-13-9-10-18-36-26/h4-19,34H,20-22H2,1-3H3,(H,37,41)/t34-/m0/s1. The number of pyridine rings is 1.